The number of aromatic amines is 1. The van der Waals surface area contributed by atoms with Crippen molar-refractivity contribution in [2.75, 3.05) is 30.8 Å². The molecule has 12 heteroatoms. The first-order chi connectivity index (χ1) is 16.8. The predicted molar refractivity (Wildman–Crippen MR) is 127 cm³/mol. The molecular weight excluding hydrogens is 477 g/mol. The fourth-order valence-electron chi connectivity index (χ4n) is 3.82. The molecule has 1 atom stereocenters. The number of nitrogens with two attached hydrogens (primary N) is 1. The van der Waals surface area contributed by atoms with Gasteiger partial charge in [-0.1, -0.05) is 0 Å². The molecule has 2 aromatic carbocycles. The number of aromatic nitrogens is 3. The zero-order valence-electron chi connectivity index (χ0n) is 18.6. The van der Waals surface area contributed by atoms with Crippen LogP contribution in [0, 0.1) is 5.82 Å². The van der Waals surface area contributed by atoms with E-state index in [2.05, 4.69) is 19.9 Å². The number of benzene rings is 2. The molecule has 10 nitrogen and oxygen atoms in total. The highest BCUT2D eigenvalue weighted by atomic mass is 32.2. The van der Waals surface area contributed by atoms with Gasteiger partial charge in [0, 0.05) is 18.1 Å². The van der Waals surface area contributed by atoms with Crippen molar-refractivity contribution >= 4 is 32.4 Å². The molecule has 2 aromatic heterocycles. The first-order valence-corrected chi connectivity index (χ1v) is 12.2. The number of halogens is 1. The molecule has 0 bridgehead atoms. The van der Waals surface area contributed by atoms with E-state index in [1.165, 1.54) is 25.4 Å². The van der Waals surface area contributed by atoms with E-state index in [1.54, 1.807) is 6.07 Å². The summed E-state index contributed by atoms with van der Waals surface area (Å²) in [4.78, 5) is 3.85. The lowest BCUT2D eigenvalue weighted by molar-refractivity contribution is 0.142. The van der Waals surface area contributed by atoms with Crippen LogP contribution >= 0.6 is 0 Å². The maximum absolute atomic E-state index is 14.2. The van der Waals surface area contributed by atoms with Crippen molar-refractivity contribution in [1.29, 1.82) is 0 Å². The van der Waals surface area contributed by atoms with E-state index >= 15 is 0 Å². The zero-order chi connectivity index (χ0) is 24.6. The third-order valence-corrected chi connectivity index (χ3v) is 6.97. The second-order valence-corrected chi connectivity index (χ2v) is 9.59. The van der Waals surface area contributed by atoms with Gasteiger partial charge < -0.3 is 19.9 Å². The topological polar surface area (TPSA) is 141 Å². The van der Waals surface area contributed by atoms with Gasteiger partial charge in [0.15, 0.2) is 5.82 Å². The Morgan fingerprint density at radius 1 is 1.23 bits per heavy atom. The van der Waals surface area contributed by atoms with Gasteiger partial charge in [-0.3, -0.25) is 14.8 Å². The number of hydrogen-bond acceptors (Lipinski definition) is 8. The number of hydrogen-bond donors (Lipinski definition) is 3. The molecule has 35 heavy (non-hydrogen) atoms. The predicted octanol–water partition coefficient (Wildman–Crippen LogP) is 3.32. The Bertz CT molecular complexity index is 1480. The van der Waals surface area contributed by atoms with E-state index in [9.17, 15) is 12.8 Å². The number of nitrogens with zero attached hydrogens (tertiary/aromatic N) is 2. The lowest BCUT2D eigenvalue weighted by Gasteiger charge is -2.14. The Morgan fingerprint density at radius 3 is 2.80 bits per heavy atom. The third-order valence-electron chi connectivity index (χ3n) is 5.58. The van der Waals surface area contributed by atoms with Crippen LogP contribution in [0.25, 0.3) is 22.2 Å². The van der Waals surface area contributed by atoms with E-state index in [1.807, 2.05) is 12.1 Å². The van der Waals surface area contributed by atoms with E-state index in [0.717, 1.165) is 18.6 Å². The largest absolute Gasteiger partial charge is 0.497 e. The molecule has 4 N–H and O–H groups in total. The standard InChI is InChI=1S/C23H22FN5O5S/c1-32-15-3-4-17(24)21(10-15)35(30,31)29-14-2-5-18(26-11-14)13-8-19-22(23(25)28-27-19)20(9-13)34-16-6-7-33-12-16/h2-5,8-11,16,29H,6-7,12H2,1H3,(H3,25,27,28). The average Bonchev–Trinajstić information content (AvgIpc) is 3.49. The van der Waals surface area contributed by atoms with Crippen LogP contribution in [0.3, 0.4) is 0 Å². The molecule has 1 aliphatic rings. The molecule has 5 rings (SSSR count). The Balaban J connectivity index is 1.43. The van der Waals surface area contributed by atoms with Gasteiger partial charge in [0.25, 0.3) is 10.0 Å². The van der Waals surface area contributed by atoms with Crippen molar-refractivity contribution in [3.05, 3.63) is 54.5 Å². The summed E-state index contributed by atoms with van der Waals surface area (Å²) in [5, 5.41) is 7.63. The number of nitrogens with one attached hydrogen (secondary N) is 2. The number of methoxy groups -OCH3 is 1. The highest BCUT2D eigenvalue weighted by Crippen LogP contribution is 2.35. The first kappa shape index (κ1) is 22.9. The molecule has 1 unspecified atom stereocenters. The minimum absolute atomic E-state index is 0.0931. The molecule has 4 aromatic rings. The number of sulfonamides is 1. The fraction of sp³-hybridized carbons (Fsp3) is 0.217. The highest BCUT2D eigenvalue weighted by Gasteiger charge is 2.22. The van der Waals surface area contributed by atoms with Crippen LogP contribution in [-0.4, -0.2) is 50.0 Å². The molecule has 1 saturated heterocycles. The lowest BCUT2D eigenvalue weighted by atomic mass is 10.1. The summed E-state index contributed by atoms with van der Waals surface area (Å²) in [5.74, 6) is 0.203. The quantitative estimate of drug-likeness (QED) is 0.352. The van der Waals surface area contributed by atoms with Gasteiger partial charge in [0.05, 0.1) is 48.8 Å². The van der Waals surface area contributed by atoms with E-state index < -0.39 is 20.7 Å². The molecule has 0 saturated carbocycles. The number of anilines is 2. The van der Waals surface area contributed by atoms with Crippen LogP contribution in [0.2, 0.25) is 0 Å². The Labute approximate surface area is 200 Å². The summed E-state index contributed by atoms with van der Waals surface area (Å²) in [6, 6.07) is 10.3. The lowest BCUT2D eigenvalue weighted by Crippen LogP contribution is -2.16. The normalized spacial score (nSPS) is 15.9. The van der Waals surface area contributed by atoms with E-state index in [-0.39, 0.29) is 17.5 Å². The van der Waals surface area contributed by atoms with Crippen LogP contribution < -0.4 is 19.9 Å². The number of nitrogen functional groups attached to an aromatic ring is 1. The zero-order valence-corrected chi connectivity index (χ0v) is 19.4. The summed E-state index contributed by atoms with van der Waals surface area (Å²) in [6.45, 7) is 1.12. The van der Waals surface area contributed by atoms with Gasteiger partial charge in [-0.05, 0) is 36.4 Å². The third kappa shape index (κ3) is 4.57. The molecule has 182 valence electrons. The SMILES string of the molecule is COc1ccc(F)c(S(=O)(=O)Nc2ccc(-c3cc(OC4CCOC4)c4c(N)n[nH]c4c3)nc2)c1. The first-order valence-electron chi connectivity index (χ1n) is 10.7. The van der Waals surface area contributed by atoms with Crippen molar-refractivity contribution in [2.45, 2.75) is 17.4 Å². The smallest absolute Gasteiger partial charge is 0.265 e. The van der Waals surface area contributed by atoms with Crippen LogP contribution in [0.4, 0.5) is 15.9 Å². The summed E-state index contributed by atoms with van der Waals surface area (Å²) in [5.41, 5.74) is 8.14. The number of pyridine rings is 1. The summed E-state index contributed by atoms with van der Waals surface area (Å²) >= 11 is 0. The number of H-pyrrole nitrogens is 1. The van der Waals surface area contributed by atoms with Gasteiger partial charge in [0.2, 0.25) is 0 Å². The molecule has 0 amide bonds. The Kier molecular flexibility index (Phi) is 5.91. The van der Waals surface area contributed by atoms with Gasteiger partial charge in [-0.25, -0.2) is 12.8 Å². The minimum atomic E-state index is -4.20. The maximum atomic E-state index is 14.2. The molecular formula is C23H22FN5O5S. The van der Waals surface area contributed by atoms with Crippen molar-refractivity contribution in [1.82, 2.24) is 15.2 Å². The number of rotatable bonds is 7. The van der Waals surface area contributed by atoms with Gasteiger partial charge in [0.1, 0.15) is 28.3 Å². The van der Waals surface area contributed by atoms with Crippen LogP contribution in [0.5, 0.6) is 11.5 Å². The summed E-state index contributed by atoms with van der Waals surface area (Å²) in [7, 11) is -2.84. The molecule has 0 aliphatic carbocycles. The van der Waals surface area contributed by atoms with Crippen LogP contribution in [0.15, 0.2) is 53.6 Å². The van der Waals surface area contributed by atoms with Crippen LogP contribution in [0.1, 0.15) is 6.42 Å². The molecule has 3 heterocycles. The second-order valence-electron chi connectivity index (χ2n) is 7.94. The molecule has 1 fully saturated rings. The maximum Gasteiger partial charge on any atom is 0.265 e. The van der Waals surface area contributed by atoms with Gasteiger partial charge in [-0.2, -0.15) is 5.10 Å². The number of fused-ring (bicyclic) bond motifs is 1. The monoisotopic (exact) mass is 499 g/mol. The van der Waals surface area contributed by atoms with E-state index in [4.69, 9.17) is 19.9 Å². The highest BCUT2D eigenvalue weighted by molar-refractivity contribution is 7.92. The summed E-state index contributed by atoms with van der Waals surface area (Å²) in [6.07, 6.45) is 2.02. The molecule has 1 aliphatic heterocycles. The molecule has 0 spiro atoms. The van der Waals surface area contributed by atoms with Crippen molar-refractivity contribution in [3.8, 4) is 22.8 Å². The summed E-state index contributed by atoms with van der Waals surface area (Å²) < 4.78 is 58.5. The average molecular weight is 500 g/mol. The van der Waals surface area contributed by atoms with Crippen molar-refractivity contribution < 1.29 is 27.0 Å². The van der Waals surface area contributed by atoms with E-state index in [0.29, 0.717) is 46.9 Å². The molecule has 0 radical (unpaired) electrons. The Hall–Kier alpha value is -3.90. The minimum Gasteiger partial charge on any atom is -0.497 e. The van der Waals surface area contributed by atoms with Crippen LogP contribution in [-0.2, 0) is 14.8 Å². The fourth-order valence-corrected chi connectivity index (χ4v) is 4.96. The van der Waals surface area contributed by atoms with Gasteiger partial charge >= 0.3 is 0 Å². The van der Waals surface area contributed by atoms with Gasteiger partial charge in [-0.15, -0.1) is 0 Å². The Morgan fingerprint density at radius 2 is 2.09 bits per heavy atom. The number of ether oxygens (including phenoxy) is 3. The van der Waals surface area contributed by atoms with Crippen molar-refractivity contribution in [3.63, 3.8) is 0 Å². The van der Waals surface area contributed by atoms with Crippen molar-refractivity contribution in [2.24, 2.45) is 0 Å². The second kappa shape index (κ2) is 9.04.